The van der Waals surface area contributed by atoms with Crippen LogP contribution < -0.4 is 14.8 Å². The zero-order valence-corrected chi connectivity index (χ0v) is 18.5. The number of halogens is 3. The SMILES string of the molecule is CCOCCCNCc1cc(OCC)c(OCc2c(F)cccc2Cl)cc1Br. The molecule has 0 aliphatic carbocycles. The minimum Gasteiger partial charge on any atom is -0.490 e. The van der Waals surface area contributed by atoms with Crippen LogP contribution in [-0.2, 0) is 17.9 Å². The van der Waals surface area contributed by atoms with E-state index < -0.39 is 5.82 Å². The van der Waals surface area contributed by atoms with Gasteiger partial charge in [-0.2, -0.15) is 0 Å². The molecule has 0 radical (unpaired) electrons. The van der Waals surface area contributed by atoms with Crippen LogP contribution in [0.15, 0.2) is 34.8 Å². The molecule has 0 saturated heterocycles. The van der Waals surface area contributed by atoms with Crippen molar-refractivity contribution in [3.8, 4) is 11.5 Å². The molecule has 1 N–H and O–H groups in total. The quantitative estimate of drug-likeness (QED) is 0.398. The number of benzene rings is 2. The smallest absolute Gasteiger partial charge is 0.162 e. The summed E-state index contributed by atoms with van der Waals surface area (Å²) in [6.07, 6.45) is 0.953. The minimum absolute atomic E-state index is 0.0209. The fourth-order valence-corrected chi connectivity index (χ4v) is 3.26. The van der Waals surface area contributed by atoms with Gasteiger partial charge in [-0.05, 0) is 56.6 Å². The van der Waals surface area contributed by atoms with Gasteiger partial charge in [0.05, 0.1) is 11.6 Å². The summed E-state index contributed by atoms with van der Waals surface area (Å²) in [6.45, 7) is 7.46. The van der Waals surface area contributed by atoms with Crippen molar-refractivity contribution in [2.75, 3.05) is 26.4 Å². The van der Waals surface area contributed by atoms with Crippen LogP contribution in [0, 0.1) is 5.82 Å². The fourth-order valence-electron chi connectivity index (χ4n) is 2.58. The Labute approximate surface area is 179 Å². The second-order valence-electron chi connectivity index (χ2n) is 6.04. The Hall–Kier alpha value is -1.34. The molecule has 4 nitrogen and oxygen atoms in total. The van der Waals surface area contributed by atoms with E-state index in [4.69, 9.17) is 25.8 Å². The highest BCUT2D eigenvalue weighted by molar-refractivity contribution is 9.10. The van der Waals surface area contributed by atoms with E-state index in [0.717, 1.165) is 36.2 Å². The second-order valence-corrected chi connectivity index (χ2v) is 7.30. The normalized spacial score (nSPS) is 10.9. The van der Waals surface area contributed by atoms with Gasteiger partial charge in [0.15, 0.2) is 11.5 Å². The number of rotatable bonds is 12. The van der Waals surface area contributed by atoms with E-state index in [1.807, 2.05) is 26.0 Å². The fraction of sp³-hybridized carbons (Fsp3) is 0.429. The van der Waals surface area contributed by atoms with Gasteiger partial charge in [-0.25, -0.2) is 4.39 Å². The average Bonchev–Trinajstić information content (AvgIpc) is 2.67. The lowest BCUT2D eigenvalue weighted by Crippen LogP contribution is -2.17. The lowest BCUT2D eigenvalue weighted by atomic mass is 10.2. The Balaban J connectivity index is 2.05. The van der Waals surface area contributed by atoms with Crippen molar-refractivity contribution in [1.29, 1.82) is 0 Å². The molecule has 0 aliphatic rings. The second kappa shape index (κ2) is 12.3. The maximum Gasteiger partial charge on any atom is 0.162 e. The topological polar surface area (TPSA) is 39.7 Å². The van der Waals surface area contributed by atoms with Crippen molar-refractivity contribution in [2.45, 2.75) is 33.4 Å². The van der Waals surface area contributed by atoms with Gasteiger partial charge in [-0.3, -0.25) is 0 Å². The predicted molar refractivity (Wildman–Crippen MR) is 114 cm³/mol. The third-order valence-corrected chi connectivity index (χ3v) is 5.10. The highest BCUT2D eigenvalue weighted by Crippen LogP contribution is 2.35. The van der Waals surface area contributed by atoms with Crippen LogP contribution in [0.2, 0.25) is 5.02 Å². The van der Waals surface area contributed by atoms with Gasteiger partial charge < -0.3 is 19.5 Å². The Bertz CT molecular complexity index is 740. The molecule has 2 aromatic rings. The van der Waals surface area contributed by atoms with E-state index in [1.165, 1.54) is 6.07 Å². The maximum absolute atomic E-state index is 14.0. The molecule has 0 saturated carbocycles. The Morgan fingerprint density at radius 1 is 1.11 bits per heavy atom. The van der Waals surface area contributed by atoms with Crippen molar-refractivity contribution in [3.05, 3.63) is 56.8 Å². The molecule has 0 aromatic heterocycles. The molecule has 7 heteroatoms. The molecule has 0 heterocycles. The van der Waals surface area contributed by atoms with Crippen LogP contribution in [-0.4, -0.2) is 26.4 Å². The molecule has 0 aliphatic heterocycles. The highest BCUT2D eigenvalue weighted by atomic mass is 79.9. The van der Waals surface area contributed by atoms with E-state index in [-0.39, 0.29) is 6.61 Å². The Morgan fingerprint density at radius 2 is 1.89 bits per heavy atom. The van der Waals surface area contributed by atoms with Crippen molar-refractivity contribution in [3.63, 3.8) is 0 Å². The van der Waals surface area contributed by atoms with E-state index in [9.17, 15) is 4.39 Å². The molecule has 0 unspecified atom stereocenters. The zero-order valence-electron chi connectivity index (χ0n) is 16.2. The molecule has 28 heavy (non-hydrogen) atoms. The number of ether oxygens (including phenoxy) is 3. The molecule has 0 fully saturated rings. The molecule has 0 bridgehead atoms. The highest BCUT2D eigenvalue weighted by Gasteiger charge is 2.13. The maximum atomic E-state index is 14.0. The first-order valence-corrected chi connectivity index (χ1v) is 10.5. The van der Waals surface area contributed by atoms with E-state index >= 15 is 0 Å². The van der Waals surface area contributed by atoms with Crippen molar-refractivity contribution in [1.82, 2.24) is 5.32 Å². The van der Waals surface area contributed by atoms with Crippen molar-refractivity contribution >= 4 is 27.5 Å². The number of hydrogen-bond acceptors (Lipinski definition) is 4. The molecule has 0 atom stereocenters. The average molecular weight is 475 g/mol. The standard InChI is InChI=1S/C21H26BrClFNO3/c1-3-26-10-6-9-25-13-15-11-20(27-4-2)21(12-17(15)22)28-14-16-18(23)7-5-8-19(16)24/h5,7-8,11-12,25H,3-4,6,9-10,13-14H2,1-2H3. The summed E-state index contributed by atoms with van der Waals surface area (Å²) in [7, 11) is 0. The van der Waals surface area contributed by atoms with Gasteiger partial charge in [0.1, 0.15) is 12.4 Å². The van der Waals surface area contributed by atoms with Gasteiger partial charge in [0.2, 0.25) is 0 Å². The molecule has 2 aromatic carbocycles. The monoisotopic (exact) mass is 473 g/mol. The summed E-state index contributed by atoms with van der Waals surface area (Å²) in [4.78, 5) is 0. The van der Waals surface area contributed by atoms with Crippen molar-refractivity contribution in [2.24, 2.45) is 0 Å². The molecule has 0 spiro atoms. The van der Waals surface area contributed by atoms with E-state index in [2.05, 4.69) is 21.2 Å². The molecular formula is C21H26BrClFNO3. The Kier molecular flexibility index (Phi) is 10.1. The van der Waals surface area contributed by atoms with Gasteiger partial charge in [-0.1, -0.05) is 33.6 Å². The van der Waals surface area contributed by atoms with Gasteiger partial charge in [-0.15, -0.1) is 0 Å². The predicted octanol–water partition coefficient (Wildman–Crippen LogP) is 5.74. The van der Waals surface area contributed by atoms with Crippen LogP contribution in [0.3, 0.4) is 0 Å². The summed E-state index contributed by atoms with van der Waals surface area (Å²) in [6, 6.07) is 8.35. The summed E-state index contributed by atoms with van der Waals surface area (Å²) in [5.41, 5.74) is 1.37. The largest absolute Gasteiger partial charge is 0.490 e. The lowest BCUT2D eigenvalue weighted by molar-refractivity contribution is 0.144. The first-order valence-electron chi connectivity index (χ1n) is 9.36. The van der Waals surface area contributed by atoms with Crippen LogP contribution in [0.5, 0.6) is 11.5 Å². The number of nitrogens with one attached hydrogen (secondary N) is 1. The van der Waals surface area contributed by atoms with Crippen LogP contribution in [0.4, 0.5) is 4.39 Å². The van der Waals surface area contributed by atoms with Gasteiger partial charge in [0.25, 0.3) is 0 Å². The summed E-state index contributed by atoms with van der Waals surface area (Å²) in [5, 5.41) is 3.73. The third-order valence-electron chi connectivity index (χ3n) is 4.01. The zero-order chi connectivity index (χ0) is 20.4. The van der Waals surface area contributed by atoms with Gasteiger partial charge in [0, 0.05) is 29.8 Å². The minimum atomic E-state index is -0.391. The molecule has 0 amide bonds. The van der Waals surface area contributed by atoms with Gasteiger partial charge >= 0.3 is 0 Å². The molecule has 2 rings (SSSR count). The first kappa shape index (κ1) is 22.9. The third kappa shape index (κ3) is 6.92. The van der Waals surface area contributed by atoms with E-state index in [1.54, 1.807) is 12.1 Å². The number of hydrogen-bond donors (Lipinski definition) is 1. The Morgan fingerprint density at radius 3 is 2.61 bits per heavy atom. The van der Waals surface area contributed by atoms with Crippen LogP contribution >= 0.6 is 27.5 Å². The van der Waals surface area contributed by atoms with Crippen molar-refractivity contribution < 1.29 is 18.6 Å². The lowest BCUT2D eigenvalue weighted by Gasteiger charge is -2.16. The summed E-state index contributed by atoms with van der Waals surface area (Å²) < 4.78 is 31.7. The molecular weight excluding hydrogens is 449 g/mol. The first-order chi connectivity index (χ1) is 13.6. The van der Waals surface area contributed by atoms with Crippen LogP contribution in [0.1, 0.15) is 31.4 Å². The molecule has 154 valence electrons. The summed E-state index contributed by atoms with van der Waals surface area (Å²) in [5.74, 6) is 0.759. The van der Waals surface area contributed by atoms with Crippen LogP contribution in [0.25, 0.3) is 0 Å². The summed E-state index contributed by atoms with van der Waals surface area (Å²) >= 11 is 9.66. The van der Waals surface area contributed by atoms with E-state index in [0.29, 0.717) is 35.2 Å².